The molecule has 0 bridgehead atoms. The fourth-order valence-corrected chi connectivity index (χ4v) is 3.42. The molecule has 2 heterocycles. The van der Waals surface area contributed by atoms with E-state index in [2.05, 4.69) is 10.2 Å². The third-order valence-corrected chi connectivity index (χ3v) is 4.50. The Balaban J connectivity index is 1.75. The lowest BCUT2D eigenvalue weighted by Crippen LogP contribution is -2.42. The minimum Gasteiger partial charge on any atom is -0.380 e. The van der Waals surface area contributed by atoms with Crippen LogP contribution in [0, 0.1) is 11.6 Å². The van der Waals surface area contributed by atoms with Crippen molar-refractivity contribution in [3.8, 4) is 0 Å². The molecule has 2 atom stereocenters. The van der Waals surface area contributed by atoms with Crippen molar-refractivity contribution in [1.29, 1.82) is 0 Å². The van der Waals surface area contributed by atoms with Crippen LogP contribution in [-0.2, 0) is 0 Å². The van der Waals surface area contributed by atoms with E-state index in [1.54, 1.807) is 0 Å². The van der Waals surface area contributed by atoms with Crippen LogP contribution >= 0.6 is 0 Å². The van der Waals surface area contributed by atoms with E-state index in [1.807, 2.05) is 0 Å². The summed E-state index contributed by atoms with van der Waals surface area (Å²) in [6.07, 6.45) is 4.26. The van der Waals surface area contributed by atoms with E-state index in [4.69, 9.17) is 5.73 Å². The third-order valence-electron chi connectivity index (χ3n) is 4.50. The fraction of sp³-hybridized carbons (Fsp3) is 0.533. The van der Waals surface area contributed by atoms with Crippen LogP contribution in [0.5, 0.6) is 0 Å². The Hall–Kier alpha value is -1.69. The molecule has 0 saturated carbocycles. The lowest BCUT2D eigenvalue weighted by Gasteiger charge is -2.35. The van der Waals surface area contributed by atoms with Gasteiger partial charge in [0, 0.05) is 24.7 Å². The smallest absolute Gasteiger partial charge is 0.251 e. The Labute approximate surface area is 122 Å². The number of nitrogens with zero attached hydrogens (tertiary/aromatic N) is 1. The van der Waals surface area contributed by atoms with Gasteiger partial charge in [-0.15, -0.1) is 0 Å². The van der Waals surface area contributed by atoms with Crippen LogP contribution in [0.1, 0.15) is 36.0 Å². The molecular formula is C15H19F2N3O. The van der Waals surface area contributed by atoms with Crippen molar-refractivity contribution in [2.45, 2.75) is 37.8 Å². The first-order valence-corrected chi connectivity index (χ1v) is 7.34. The molecule has 2 aliphatic heterocycles. The van der Waals surface area contributed by atoms with Crippen molar-refractivity contribution in [1.82, 2.24) is 4.90 Å². The van der Waals surface area contributed by atoms with Gasteiger partial charge in [0.2, 0.25) is 0 Å². The van der Waals surface area contributed by atoms with E-state index >= 15 is 0 Å². The second-order valence-electron chi connectivity index (χ2n) is 5.87. The summed E-state index contributed by atoms with van der Waals surface area (Å²) in [6, 6.07) is 2.58. The summed E-state index contributed by atoms with van der Waals surface area (Å²) in [6.45, 7) is 2.14. The van der Waals surface area contributed by atoms with Gasteiger partial charge in [-0.25, -0.2) is 8.78 Å². The summed E-state index contributed by atoms with van der Waals surface area (Å²) in [5.74, 6) is -2.50. The van der Waals surface area contributed by atoms with Crippen LogP contribution in [0.2, 0.25) is 0 Å². The van der Waals surface area contributed by atoms with Crippen LogP contribution in [0.15, 0.2) is 12.1 Å². The molecule has 21 heavy (non-hydrogen) atoms. The minimum atomic E-state index is -0.920. The standard InChI is InChI=1S/C15H19F2N3O/c16-12-8-13(17)14(7-11(12)15(18)21)19-9-3-5-20-4-1-2-10(20)6-9/h7-10,19H,1-6H2,(H2,18,21). The first-order valence-electron chi connectivity index (χ1n) is 7.34. The molecule has 114 valence electrons. The van der Waals surface area contributed by atoms with Gasteiger partial charge in [0.15, 0.2) is 0 Å². The second-order valence-corrected chi connectivity index (χ2v) is 5.87. The topological polar surface area (TPSA) is 58.4 Å². The molecule has 3 N–H and O–H groups in total. The number of halogens is 2. The molecule has 1 aromatic carbocycles. The van der Waals surface area contributed by atoms with Gasteiger partial charge in [0.05, 0.1) is 11.3 Å². The molecule has 0 aliphatic carbocycles. The van der Waals surface area contributed by atoms with Crippen LogP contribution in [-0.4, -0.2) is 36.0 Å². The highest BCUT2D eigenvalue weighted by molar-refractivity contribution is 5.94. The van der Waals surface area contributed by atoms with Crippen molar-refractivity contribution in [2.24, 2.45) is 5.73 Å². The average Bonchev–Trinajstić information content (AvgIpc) is 2.88. The molecule has 0 spiro atoms. The maximum absolute atomic E-state index is 13.9. The van der Waals surface area contributed by atoms with Crippen molar-refractivity contribution >= 4 is 11.6 Å². The van der Waals surface area contributed by atoms with E-state index in [0.717, 1.165) is 25.9 Å². The minimum absolute atomic E-state index is 0.144. The van der Waals surface area contributed by atoms with Crippen molar-refractivity contribution in [2.75, 3.05) is 18.4 Å². The van der Waals surface area contributed by atoms with E-state index in [1.165, 1.54) is 18.9 Å². The summed E-state index contributed by atoms with van der Waals surface area (Å²) in [7, 11) is 0. The monoisotopic (exact) mass is 295 g/mol. The van der Waals surface area contributed by atoms with Crippen molar-refractivity contribution < 1.29 is 13.6 Å². The maximum Gasteiger partial charge on any atom is 0.251 e. The van der Waals surface area contributed by atoms with Crippen molar-refractivity contribution in [3.05, 3.63) is 29.3 Å². The molecule has 4 nitrogen and oxygen atoms in total. The quantitative estimate of drug-likeness (QED) is 0.898. The molecule has 0 radical (unpaired) electrons. The van der Waals surface area contributed by atoms with Crippen LogP contribution in [0.25, 0.3) is 0 Å². The Morgan fingerprint density at radius 3 is 2.81 bits per heavy atom. The highest BCUT2D eigenvalue weighted by Crippen LogP contribution is 2.29. The van der Waals surface area contributed by atoms with E-state index < -0.39 is 17.5 Å². The third kappa shape index (κ3) is 2.85. The van der Waals surface area contributed by atoms with Gasteiger partial charge >= 0.3 is 0 Å². The van der Waals surface area contributed by atoms with Gasteiger partial charge in [-0.1, -0.05) is 0 Å². The number of nitrogens with two attached hydrogens (primary N) is 1. The Morgan fingerprint density at radius 2 is 2.05 bits per heavy atom. The highest BCUT2D eigenvalue weighted by Gasteiger charge is 2.32. The lowest BCUT2D eigenvalue weighted by molar-refractivity contribution is 0.0996. The summed E-state index contributed by atoms with van der Waals surface area (Å²) < 4.78 is 27.3. The summed E-state index contributed by atoms with van der Waals surface area (Å²) in [5.41, 5.74) is 4.97. The molecule has 3 rings (SSSR count). The number of anilines is 1. The van der Waals surface area contributed by atoms with Crippen molar-refractivity contribution in [3.63, 3.8) is 0 Å². The zero-order valence-electron chi connectivity index (χ0n) is 11.7. The largest absolute Gasteiger partial charge is 0.380 e. The molecule has 1 amide bonds. The second kappa shape index (κ2) is 5.60. The van der Waals surface area contributed by atoms with E-state index in [9.17, 15) is 13.6 Å². The Bertz CT molecular complexity index is 564. The lowest BCUT2D eigenvalue weighted by atomic mass is 9.97. The Morgan fingerprint density at radius 1 is 1.24 bits per heavy atom. The van der Waals surface area contributed by atoms with Gasteiger partial charge < -0.3 is 16.0 Å². The number of hydrogen-bond donors (Lipinski definition) is 2. The van der Waals surface area contributed by atoms with Gasteiger partial charge in [0.25, 0.3) is 5.91 Å². The zero-order chi connectivity index (χ0) is 15.0. The number of piperidine rings is 1. The van der Waals surface area contributed by atoms with E-state index in [0.29, 0.717) is 12.1 Å². The number of primary amides is 1. The van der Waals surface area contributed by atoms with E-state index in [-0.39, 0.29) is 17.3 Å². The molecule has 1 aromatic rings. The first kappa shape index (κ1) is 14.3. The Kier molecular flexibility index (Phi) is 3.80. The first-order chi connectivity index (χ1) is 10.0. The number of carbonyl (C=O) groups excluding carboxylic acids is 1. The maximum atomic E-state index is 13.9. The van der Waals surface area contributed by atoms with Crippen LogP contribution in [0.3, 0.4) is 0 Å². The van der Waals surface area contributed by atoms with Gasteiger partial charge in [-0.05, 0) is 38.3 Å². The molecule has 6 heteroatoms. The highest BCUT2D eigenvalue weighted by atomic mass is 19.1. The predicted octanol–water partition coefficient (Wildman–Crippen LogP) is 2.10. The fourth-order valence-electron chi connectivity index (χ4n) is 3.42. The van der Waals surface area contributed by atoms with Crippen LogP contribution < -0.4 is 11.1 Å². The summed E-state index contributed by atoms with van der Waals surface area (Å²) in [5, 5.41) is 3.11. The van der Waals surface area contributed by atoms with Gasteiger partial charge in [0.1, 0.15) is 11.6 Å². The summed E-state index contributed by atoms with van der Waals surface area (Å²) >= 11 is 0. The number of nitrogens with one attached hydrogen (secondary N) is 1. The van der Waals surface area contributed by atoms with Gasteiger partial charge in [-0.3, -0.25) is 4.79 Å². The number of rotatable bonds is 3. The van der Waals surface area contributed by atoms with Crippen LogP contribution in [0.4, 0.5) is 14.5 Å². The molecular weight excluding hydrogens is 276 g/mol. The number of carbonyl (C=O) groups is 1. The number of hydrogen-bond acceptors (Lipinski definition) is 3. The number of fused-ring (bicyclic) bond motifs is 1. The molecule has 0 aromatic heterocycles. The summed E-state index contributed by atoms with van der Waals surface area (Å²) in [4.78, 5) is 13.6. The SMILES string of the molecule is NC(=O)c1cc(NC2CCN3CCCC3C2)c(F)cc1F. The predicted molar refractivity (Wildman–Crippen MR) is 76.1 cm³/mol. The zero-order valence-corrected chi connectivity index (χ0v) is 11.7. The molecule has 2 unspecified atom stereocenters. The number of benzene rings is 1. The average molecular weight is 295 g/mol. The van der Waals surface area contributed by atoms with Gasteiger partial charge in [-0.2, -0.15) is 0 Å². The molecule has 2 aliphatic rings. The normalized spacial score (nSPS) is 25.6. The molecule has 2 saturated heterocycles. The molecule has 2 fully saturated rings. The number of amides is 1.